The summed E-state index contributed by atoms with van der Waals surface area (Å²) in [7, 11) is 4.06. The van der Waals surface area contributed by atoms with E-state index in [1.54, 1.807) is 18.2 Å². The summed E-state index contributed by atoms with van der Waals surface area (Å²) in [6.45, 7) is 3.44. The number of rotatable bonds is 12. The van der Waals surface area contributed by atoms with E-state index in [0.29, 0.717) is 16.7 Å². The summed E-state index contributed by atoms with van der Waals surface area (Å²) < 4.78 is 31.5. The van der Waals surface area contributed by atoms with Crippen LogP contribution in [0.4, 0.5) is 0 Å². The number of benzene rings is 4. The third-order valence-electron chi connectivity index (χ3n) is 6.47. The highest BCUT2D eigenvalue weighted by Gasteiger charge is 2.16. The van der Waals surface area contributed by atoms with Crippen LogP contribution in [0.1, 0.15) is 61.6 Å². The highest BCUT2D eigenvalue weighted by atomic mass is 16.5. The van der Waals surface area contributed by atoms with Crippen LogP contribution in [-0.4, -0.2) is 54.6 Å². The number of aromatic hydroxyl groups is 3. The van der Waals surface area contributed by atoms with Gasteiger partial charge in [-0.05, 0) is 89.5 Å². The van der Waals surface area contributed by atoms with Crippen LogP contribution >= 0.6 is 0 Å². The standard InChI is InChI=1S/C33H30O12.C2H6/c1-40-28-13-22(4-7-25(28)34)31(37)43-16-19-10-20(17-44-32(38)23-5-8-26(35)29(14-23)41-2)12-21(11-19)18-45-33(39)24-6-9-27(36)30(15-24)42-3;1-2/h4-15,34-36H,16-18H2,1-3H3;1-2H3. The van der Waals surface area contributed by atoms with Crippen molar-refractivity contribution in [3.63, 3.8) is 0 Å². The van der Waals surface area contributed by atoms with Crippen molar-refractivity contribution < 1.29 is 58.1 Å². The lowest BCUT2D eigenvalue weighted by Gasteiger charge is -2.13. The van der Waals surface area contributed by atoms with Gasteiger partial charge in [-0.1, -0.05) is 13.8 Å². The number of methoxy groups -OCH3 is 3. The first-order valence-corrected chi connectivity index (χ1v) is 14.4. The van der Waals surface area contributed by atoms with E-state index in [-0.39, 0.29) is 71.0 Å². The molecule has 0 saturated carbocycles. The van der Waals surface area contributed by atoms with E-state index in [2.05, 4.69) is 0 Å². The quantitative estimate of drug-likeness (QED) is 0.123. The van der Waals surface area contributed by atoms with Crippen LogP contribution in [0.5, 0.6) is 34.5 Å². The lowest BCUT2D eigenvalue weighted by atomic mass is 10.1. The van der Waals surface area contributed by atoms with Crippen molar-refractivity contribution >= 4 is 17.9 Å². The van der Waals surface area contributed by atoms with E-state index in [4.69, 9.17) is 28.4 Å². The van der Waals surface area contributed by atoms with Gasteiger partial charge in [0, 0.05) is 0 Å². The van der Waals surface area contributed by atoms with Crippen LogP contribution < -0.4 is 14.2 Å². The molecule has 0 spiro atoms. The summed E-state index contributed by atoms with van der Waals surface area (Å²) in [4.78, 5) is 38.1. The minimum atomic E-state index is -0.680. The van der Waals surface area contributed by atoms with Crippen LogP contribution in [0.2, 0.25) is 0 Å². The Morgan fingerprint density at radius 3 is 0.957 bits per heavy atom. The Morgan fingerprint density at radius 1 is 0.468 bits per heavy atom. The number of carbonyl (C=O) groups is 3. The van der Waals surface area contributed by atoms with Crippen LogP contribution in [0, 0.1) is 0 Å². The molecular weight excluding hydrogens is 612 g/mol. The molecule has 0 aliphatic rings. The van der Waals surface area contributed by atoms with Crippen molar-refractivity contribution in [2.75, 3.05) is 21.3 Å². The molecule has 47 heavy (non-hydrogen) atoms. The number of phenols is 3. The molecule has 0 radical (unpaired) electrons. The third-order valence-corrected chi connectivity index (χ3v) is 6.47. The van der Waals surface area contributed by atoms with Gasteiger partial charge in [0.15, 0.2) is 34.5 Å². The number of phenolic OH excluding ortho intramolecular Hbond substituents is 3. The Hall–Kier alpha value is -5.91. The van der Waals surface area contributed by atoms with E-state index in [1.165, 1.54) is 75.9 Å². The molecule has 0 aromatic heterocycles. The predicted octanol–water partition coefficient (Wildman–Crippen LogP) is 5.93. The molecule has 0 unspecified atom stereocenters. The second kappa shape index (κ2) is 17.0. The van der Waals surface area contributed by atoms with Gasteiger partial charge in [-0.15, -0.1) is 0 Å². The summed E-state index contributed by atoms with van der Waals surface area (Å²) in [5.41, 5.74) is 1.97. The molecule has 0 heterocycles. The predicted molar refractivity (Wildman–Crippen MR) is 169 cm³/mol. The van der Waals surface area contributed by atoms with Gasteiger partial charge in [0.2, 0.25) is 0 Å². The molecule has 248 valence electrons. The van der Waals surface area contributed by atoms with E-state index < -0.39 is 17.9 Å². The van der Waals surface area contributed by atoms with Crippen LogP contribution in [0.25, 0.3) is 0 Å². The maximum absolute atomic E-state index is 12.7. The van der Waals surface area contributed by atoms with Crippen LogP contribution in [0.3, 0.4) is 0 Å². The summed E-state index contributed by atoms with van der Waals surface area (Å²) in [6, 6.07) is 17.1. The van der Waals surface area contributed by atoms with Gasteiger partial charge in [-0.3, -0.25) is 0 Å². The molecule has 12 heteroatoms. The first-order valence-electron chi connectivity index (χ1n) is 14.4. The van der Waals surface area contributed by atoms with Gasteiger partial charge in [-0.25, -0.2) is 14.4 Å². The van der Waals surface area contributed by atoms with Crippen molar-refractivity contribution in [2.45, 2.75) is 33.7 Å². The first-order chi connectivity index (χ1) is 22.6. The summed E-state index contributed by atoms with van der Waals surface area (Å²) in [5, 5.41) is 29.4. The monoisotopic (exact) mass is 648 g/mol. The normalized spacial score (nSPS) is 10.1. The minimum Gasteiger partial charge on any atom is -0.504 e. The molecule has 0 fully saturated rings. The lowest BCUT2D eigenvalue weighted by molar-refractivity contribution is 0.0471. The van der Waals surface area contributed by atoms with E-state index in [9.17, 15) is 29.7 Å². The molecule has 0 saturated heterocycles. The second-order valence-electron chi connectivity index (χ2n) is 9.55. The Kier molecular flexibility index (Phi) is 12.8. The number of carbonyl (C=O) groups excluding carboxylic acids is 3. The Balaban J connectivity index is 0.00000294. The Morgan fingerprint density at radius 2 is 0.723 bits per heavy atom. The van der Waals surface area contributed by atoms with Gasteiger partial charge < -0.3 is 43.7 Å². The Labute approximate surface area is 271 Å². The van der Waals surface area contributed by atoms with Crippen molar-refractivity contribution in [1.29, 1.82) is 0 Å². The van der Waals surface area contributed by atoms with Crippen molar-refractivity contribution in [3.05, 3.63) is 106 Å². The molecule has 3 N–H and O–H groups in total. The fourth-order valence-electron chi connectivity index (χ4n) is 4.20. The molecule has 4 aromatic rings. The van der Waals surface area contributed by atoms with Crippen molar-refractivity contribution in [3.8, 4) is 34.5 Å². The van der Waals surface area contributed by atoms with E-state index in [1.807, 2.05) is 13.8 Å². The van der Waals surface area contributed by atoms with Gasteiger partial charge in [0.1, 0.15) is 19.8 Å². The molecular formula is C35H36O12. The third kappa shape index (κ3) is 9.54. The van der Waals surface area contributed by atoms with E-state index in [0.717, 1.165) is 0 Å². The second-order valence-corrected chi connectivity index (χ2v) is 9.55. The van der Waals surface area contributed by atoms with Crippen molar-refractivity contribution in [2.24, 2.45) is 0 Å². The highest BCUT2D eigenvalue weighted by Crippen LogP contribution is 2.29. The smallest absolute Gasteiger partial charge is 0.338 e. The number of hydrogen-bond donors (Lipinski definition) is 3. The number of ether oxygens (including phenoxy) is 6. The zero-order chi connectivity index (χ0) is 34.5. The molecule has 4 rings (SSSR count). The molecule has 0 aliphatic carbocycles. The van der Waals surface area contributed by atoms with Crippen molar-refractivity contribution in [1.82, 2.24) is 0 Å². The van der Waals surface area contributed by atoms with Crippen LogP contribution in [0.15, 0.2) is 72.8 Å². The molecule has 0 atom stereocenters. The average molecular weight is 649 g/mol. The highest BCUT2D eigenvalue weighted by molar-refractivity contribution is 5.91. The number of hydrogen-bond acceptors (Lipinski definition) is 12. The molecule has 4 aromatic carbocycles. The zero-order valence-electron chi connectivity index (χ0n) is 26.6. The lowest BCUT2D eigenvalue weighted by Crippen LogP contribution is -2.09. The number of esters is 3. The van der Waals surface area contributed by atoms with Gasteiger partial charge in [0.05, 0.1) is 38.0 Å². The minimum absolute atomic E-state index is 0.106. The molecule has 0 amide bonds. The Bertz CT molecular complexity index is 1500. The largest absolute Gasteiger partial charge is 0.504 e. The summed E-state index contributed by atoms with van der Waals surface area (Å²) in [5.74, 6) is -2.12. The summed E-state index contributed by atoms with van der Waals surface area (Å²) >= 11 is 0. The fourth-order valence-corrected chi connectivity index (χ4v) is 4.20. The zero-order valence-corrected chi connectivity index (χ0v) is 26.6. The van der Waals surface area contributed by atoms with Gasteiger partial charge in [-0.2, -0.15) is 0 Å². The SMILES string of the molecule is CC.COc1cc(C(=O)OCc2cc(COC(=O)c3ccc(O)c(OC)c3)cc(COC(=O)c3ccc(O)c(OC)c3)c2)ccc1O. The van der Waals surface area contributed by atoms with Crippen LogP contribution in [-0.2, 0) is 34.0 Å². The average Bonchev–Trinajstić information content (AvgIpc) is 3.09. The maximum atomic E-state index is 12.7. The van der Waals surface area contributed by atoms with E-state index >= 15 is 0 Å². The summed E-state index contributed by atoms with van der Waals surface area (Å²) in [6.07, 6.45) is 0. The van der Waals surface area contributed by atoms with Gasteiger partial charge >= 0.3 is 17.9 Å². The fraction of sp³-hybridized carbons (Fsp3) is 0.229. The molecule has 0 aliphatic heterocycles. The topological polar surface area (TPSA) is 167 Å². The maximum Gasteiger partial charge on any atom is 0.338 e. The first kappa shape index (κ1) is 35.6. The molecule has 0 bridgehead atoms. The van der Waals surface area contributed by atoms with Gasteiger partial charge in [0.25, 0.3) is 0 Å². The molecule has 12 nitrogen and oxygen atoms in total.